The third-order valence-electron chi connectivity index (χ3n) is 2.99. The summed E-state index contributed by atoms with van der Waals surface area (Å²) in [6.45, 7) is 4.66. The maximum Gasteiger partial charge on any atom is 0.228 e. The zero-order chi connectivity index (χ0) is 14.4. The van der Waals surface area contributed by atoms with Gasteiger partial charge >= 0.3 is 0 Å². The van der Waals surface area contributed by atoms with Gasteiger partial charge in [-0.15, -0.1) is 0 Å². The summed E-state index contributed by atoms with van der Waals surface area (Å²) in [5.74, 6) is 1.16. The number of pyridine rings is 1. The summed E-state index contributed by atoms with van der Waals surface area (Å²) < 4.78 is 0. The highest BCUT2D eigenvalue weighted by Gasteiger charge is 2.18. The van der Waals surface area contributed by atoms with Gasteiger partial charge in [0, 0.05) is 12.6 Å². The molecule has 2 rings (SSSR count). The molecule has 104 valence electrons. The lowest BCUT2D eigenvalue weighted by Gasteiger charge is -2.22. The van der Waals surface area contributed by atoms with Gasteiger partial charge in [0.2, 0.25) is 5.91 Å². The van der Waals surface area contributed by atoms with E-state index in [1.165, 1.54) is 0 Å². The minimum Gasteiger partial charge on any atom is -0.292 e. The van der Waals surface area contributed by atoms with Gasteiger partial charge in [-0.3, -0.25) is 9.69 Å². The Balaban J connectivity index is 2.23. The molecule has 20 heavy (non-hydrogen) atoms. The first-order chi connectivity index (χ1) is 9.66. The number of carbonyl (C=O) groups excluding carboxylic acids is 1. The fourth-order valence-electron chi connectivity index (χ4n) is 2.04. The molecule has 2 aromatic rings. The van der Waals surface area contributed by atoms with Crippen molar-refractivity contribution in [3.05, 3.63) is 60.3 Å². The van der Waals surface area contributed by atoms with E-state index in [2.05, 4.69) is 18.8 Å². The molecule has 0 fully saturated rings. The second-order valence-corrected chi connectivity index (χ2v) is 5.25. The Labute approximate surface area is 120 Å². The topological polar surface area (TPSA) is 33.2 Å². The van der Waals surface area contributed by atoms with Gasteiger partial charge in [-0.05, 0) is 23.6 Å². The van der Waals surface area contributed by atoms with Crippen LogP contribution in [0.3, 0.4) is 0 Å². The van der Waals surface area contributed by atoms with E-state index in [1.54, 1.807) is 11.1 Å². The van der Waals surface area contributed by atoms with Crippen LogP contribution in [0.2, 0.25) is 0 Å². The lowest BCUT2D eigenvalue weighted by atomic mass is 10.1. The lowest BCUT2D eigenvalue weighted by molar-refractivity contribution is -0.119. The number of anilines is 1. The van der Waals surface area contributed by atoms with Crippen molar-refractivity contribution in [2.75, 3.05) is 4.90 Å². The van der Waals surface area contributed by atoms with Gasteiger partial charge in [0.1, 0.15) is 5.82 Å². The molecule has 3 nitrogen and oxygen atoms in total. The number of carbonyl (C=O) groups is 1. The Hall–Kier alpha value is -2.16. The highest BCUT2D eigenvalue weighted by atomic mass is 16.2. The van der Waals surface area contributed by atoms with Gasteiger partial charge in [-0.2, -0.15) is 0 Å². The highest BCUT2D eigenvalue weighted by Crippen LogP contribution is 2.17. The van der Waals surface area contributed by atoms with Gasteiger partial charge in [0.25, 0.3) is 0 Å². The third kappa shape index (κ3) is 3.92. The largest absolute Gasteiger partial charge is 0.292 e. The van der Waals surface area contributed by atoms with E-state index in [0.717, 1.165) is 5.56 Å². The average Bonchev–Trinajstić information content (AvgIpc) is 2.46. The summed E-state index contributed by atoms with van der Waals surface area (Å²) in [7, 11) is 0. The van der Waals surface area contributed by atoms with Crippen LogP contribution in [0.1, 0.15) is 25.8 Å². The molecular weight excluding hydrogens is 248 g/mol. The molecule has 0 aliphatic heterocycles. The summed E-state index contributed by atoms with van der Waals surface area (Å²) in [6, 6.07) is 15.6. The third-order valence-corrected chi connectivity index (χ3v) is 2.99. The smallest absolute Gasteiger partial charge is 0.228 e. The monoisotopic (exact) mass is 268 g/mol. The van der Waals surface area contributed by atoms with Crippen LogP contribution in [0.25, 0.3) is 0 Å². The normalized spacial score (nSPS) is 10.6. The van der Waals surface area contributed by atoms with Gasteiger partial charge in [-0.1, -0.05) is 50.2 Å². The van der Waals surface area contributed by atoms with Crippen molar-refractivity contribution in [3.8, 4) is 0 Å². The minimum atomic E-state index is 0.113. The molecule has 0 spiro atoms. The van der Waals surface area contributed by atoms with E-state index in [0.29, 0.717) is 24.7 Å². The number of nitrogens with zero attached hydrogens (tertiary/aromatic N) is 2. The van der Waals surface area contributed by atoms with Crippen LogP contribution < -0.4 is 4.90 Å². The fourth-order valence-corrected chi connectivity index (χ4v) is 2.04. The van der Waals surface area contributed by atoms with Crippen molar-refractivity contribution in [3.63, 3.8) is 0 Å². The Kier molecular flexibility index (Phi) is 4.88. The standard InChI is InChI=1S/C17H20N2O/c1-14(2)12-17(20)19(16-10-6-7-11-18-16)13-15-8-4-3-5-9-15/h3-11,14H,12-13H2,1-2H3. The Bertz CT molecular complexity index is 537. The van der Waals surface area contributed by atoms with Crippen molar-refractivity contribution in [2.24, 2.45) is 5.92 Å². The van der Waals surface area contributed by atoms with E-state index in [9.17, 15) is 4.79 Å². The zero-order valence-electron chi connectivity index (χ0n) is 12.0. The number of hydrogen-bond donors (Lipinski definition) is 0. The van der Waals surface area contributed by atoms with Crippen molar-refractivity contribution >= 4 is 11.7 Å². The minimum absolute atomic E-state index is 0.113. The van der Waals surface area contributed by atoms with Crippen LogP contribution in [0.4, 0.5) is 5.82 Å². The molecule has 1 heterocycles. The van der Waals surface area contributed by atoms with E-state index in [1.807, 2.05) is 48.5 Å². The molecule has 3 heteroatoms. The highest BCUT2D eigenvalue weighted by molar-refractivity contribution is 5.92. The van der Waals surface area contributed by atoms with E-state index < -0.39 is 0 Å². The first-order valence-electron chi connectivity index (χ1n) is 6.92. The summed E-state index contributed by atoms with van der Waals surface area (Å²) in [5, 5.41) is 0. The van der Waals surface area contributed by atoms with Crippen molar-refractivity contribution in [2.45, 2.75) is 26.8 Å². The summed E-state index contributed by atoms with van der Waals surface area (Å²) in [6.07, 6.45) is 2.25. The molecule has 0 saturated carbocycles. The number of aromatic nitrogens is 1. The molecule has 0 N–H and O–H groups in total. The van der Waals surface area contributed by atoms with Crippen molar-refractivity contribution in [1.82, 2.24) is 4.98 Å². The number of hydrogen-bond acceptors (Lipinski definition) is 2. The van der Waals surface area contributed by atoms with Crippen LogP contribution >= 0.6 is 0 Å². The number of rotatable bonds is 5. The maximum atomic E-state index is 12.4. The first kappa shape index (κ1) is 14.3. The number of amides is 1. The predicted molar refractivity (Wildman–Crippen MR) is 81.3 cm³/mol. The zero-order valence-corrected chi connectivity index (χ0v) is 12.0. The molecular formula is C17H20N2O. The van der Waals surface area contributed by atoms with E-state index in [-0.39, 0.29) is 5.91 Å². The second-order valence-electron chi connectivity index (χ2n) is 5.25. The van der Waals surface area contributed by atoms with Crippen molar-refractivity contribution < 1.29 is 4.79 Å². The molecule has 0 bridgehead atoms. The molecule has 0 saturated heterocycles. The van der Waals surface area contributed by atoms with Gasteiger partial charge in [-0.25, -0.2) is 4.98 Å². The van der Waals surface area contributed by atoms with Gasteiger partial charge < -0.3 is 0 Å². The van der Waals surface area contributed by atoms with Gasteiger partial charge in [0.15, 0.2) is 0 Å². The maximum absolute atomic E-state index is 12.4. The molecule has 0 aliphatic carbocycles. The average molecular weight is 268 g/mol. The molecule has 1 aromatic heterocycles. The van der Waals surface area contributed by atoms with E-state index >= 15 is 0 Å². The van der Waals surface area contributed by atoms with Crippen LogP contribution in [0, 0.1) is 5.92 Å². The SMILES string of the molecule is CC(C)CC(=O)N(Cc1ccccc1)c1ccccn1. The molecule has 1 amide bonds. The number of benzene rings is 1. The molecule has 0 unspecified atom stereocenters. The van der Waals surface area contributed by atoms with Crippen LogP contribution in [0.5, 0.6) is 0 Å². The Morgan fingerprint density at radius 1 is 1.10 bits per heavy atom. The molecule has 1 aromatic carbocycles. The summed E-state index contributed by atoms with van der Waals surface area (Å²) in [5.41, 5.74) is 1.11. The first-order valence-corrected chi connectivity index (χ1v) is 6.92. The molecule has 0 aliphatic rings. The molecule has 0 atom stereocenters. The molecule has 0 radical (unpaired) electrons. The van der Waals surface area contributed by atoms with E-state index in [4.69, 9.17) is 0 Å². The van der Waals surface area contributed by atoms with Crippen LogP contribution in [-0.2, 0) is 11.3 Å². The fraction of sp³-hybridized carbons (Fsp3) is 0.294. The summed E-state index contributed by atoms with van der Waals surface area (Å²) in [4.78, 5) is 18.5. The Morgan fingerprint density at radius 2 is 1.80 bits per heavy atom. The quantitative estimate of drug-likeness (QED) is 0.829. The van der Waals surface area contributed by atoms with Crippen LogP contribution in [-0.4, -0.2) is 10.9 Å². The van der Waals surface area contributed by atoms with Crippen LogP contribution in [0.15, 0.2) is 54.7 Å². The van der Waals surface area contributed by atoms with Crippen molar-refractivity contribution in [1.29, 1.82) is 0 Å². The predicted octanol–water partition coefficient (Wildman–Crippen LogP) is 3.66. The van der Waals surface area contributed by atoms with Gasteiger partial charge in [0.05, 0.1) is 6.54 Å². The second kappa shape index (κ2) is 6.85. The Morgan fingerprint density at radius 3 is 2.40 bits per heavy atom. The lowest BCUT2D eigenvalue weighted by Crippen LogP contribution is -2.31. The summed E-state index contributed by atoms with van der Waals surface area (Å²) >= 11 is 0.